The maximum atomic E-state index is 12.8. The van der Waals surface area contributed by atoms with Crippen LogP contribution in [0, 0.1) is 5.92 Å². The molecule has 0 N–H and O–H groups in total. The van der Waals surface area contributed by atoms with Crippen molar-refractivity contribution in [3.05, 3.63) is 0 Å². The van der Waals surface area contributed by atoms with E-state index in [1.165, 1.54) is 0 Å². The molecule has 0 aliphatic carbocycles. The van der Waals surface area contributed by atoms with Crippen LogP contribution >= 0.6 is 7.60 Å². The van der Waals surface area contributed by atoms with Gasteiger partial charge in [0.15, 0.2) is 0 Å². The maximum absolute atomic E-state index is 12.8. The number of nitrogens with zero attached hydrogens (tertiary/aromatic N) is 1. The van der Waals surface area contributed by atoms with Crippen LogP contribution in [0.15, 0.2) is 0 Å². The van der Waals surface area contributed by atoms with Crippen molar-refractivity contribution in [2.75, 3.05) is 13.2 Å². The van der Waals surface area contributed by atoms with E-state index in [4.69, 9.17) is 9.05 Å². The van der Waals surface area contributed by atoms with Gasteiger partial charge in [-0.05, 0) is 40.5 Å². The average Bonchev–Trinajstić information content (AvgIpc) is 2.15. The van der Waals surface area contributed by atoms with E-state index in [-0.39, 0.29) is 19.1 Å². The van der Waals surface area contributed by atoms with Crippen LogP contribution in [0.25, 0.3) is 0 Å². The second kappa shape index (κ2) is 7.01. The molecule has 0 aliphatic heterocycles. The van der Waals surface area contributed by atoms with Crippen LogP contribution in [0.3, 0.4) is 0 Å². The molecule has 0 aliphatic rings. The van der Waals surface area contributed by atoms with Gasteiger partial charge in [-0.25, -0.2) is 0 Å². The third-order valence-corrected chi connectivity index (χ3v) is 5.13. The topological polar surface area (TPSA) is 58.7 Å². The van der Waals surface area contributed by atoms with Crippen LogP contribution in [0.1, 0.15) is 48.5 Å². The van der Waals surface area contributed by atoms with Crippen molar-refractivity contribution in [3.8, 4) is 0 Å². The Morgan fingerprint density at radius 2 is 1.50 bits per heavy atom. The zero-order valence-electron chi connectivity index (χ0n) is 12.6. The molecular formula is C12H27NO4P. The Kier molecular flexibility index (Phi) is 7.04. The van der Waals surface area contributed by atoms with Crippen molar-refractivity contribution >= 4 is 7.60 Å². The third-order valence-electron chi connectivity index (χ3n) is 2.44. The van der Waals surface area contributed by atoms with Crippen molar-refractivity contribution in [2.45, 2.75) is 59.8 Å². The summed E-state index contributed by atoms with van der Waals surface area (Å²) in [5, 5.41) is 13.2. The number of hydrogen-bond donors (Lipinski definition) is 0. The summed E-state index contributed by atoms with van der Waals surface area (Å²) in [6.45, 7) is 13.1. The zero-order valence-corrected chi connectivity index (χ0v) is 13.5. The van der Waals surface area contributed by atoms with Crippen molar-refractivity contribution < 1.29 is 18.8 Å². The highest BCUT2D eigenvalue weighted by Crippen LogP contribution is 2.57. The standard InChI is InChI=1S/C12H27NO4P/c1-8-16-18(15,17-9-2)11(10(3)4)13(14)12(5,6)7/h10-11H,8-9H2,1-7H3. The van der Waals surface area contributed by atoms with Crippen LogP contribution in [0.4, 0.5) is 0 Å². The van der Waals surface area contributed by atoms with E-state index < -0.39 is 18.9 Å². The fraction of sp³-hybridized carbons (Fsp3) is 1.00. The number of hydroxylamine groups is 2. The van der Waals surface area contributed by atoms with E-state index in [0.29, 0.717) is 0 Å². The van der Waals surface area contributed by atoms with E-state index in [9.17, 15) is 9.77 Å². The normalized spacial score (nSPS) is 15.4. The fourth-order valence-corrected chi connectivity index (χ4v) is 4.14. The lowest BCUT2D eigenvalue weighted by molar-refractivity contribution is -0.232. The molecule has 0 rings (SSSR count). The van der Waals surface area contributed by atoms with Gasteiger partial charge in [0.25, 0.3) is 0 Å². The largest absolute Gasteiger partial charge is 0.350 e. The molecule has 0 fully saturated rings. The van der Waals surface area contributed by atoms with Crippen LogP contribution in [0.2, 0.25) is 0 Å². The SMILES string of the molecule is CCOP(=O)(OCC)C(C(C)C)N([O])C(C)(C)C. The summed E-state index contributed by atoms with van der Waals surface area (Å²) in [7, 11) is -3.42. The van der Waals surface area contributed by atoms with Gasteiger partial charge in [0, 0.05) is 5.54 Å². The predicted molar refractivity (Wildman–Crippen MR) is 71.8 cm³/mol. The molecule has 0 aromatic heterocycles. The van der Waals surface area contributed by atoms with Gasteiger partial charge in [-0.1, -0.05) is 13.8 Å². The summed E-state index contributed by atoms with van der Waals surface area (Å²) in [5.41, 5.74) is -0.640. The molecule has 0 spiro atoms. The molecule has 1 unspecified atom stereocenters. The molecule has 0 heterocycles. The summed E-state index contributed by atoms with van der Waals surface area (Å²) in [6.07, 6.45) is 0. The number of hydrogen-bond acceptors (Lipinski definition) is 4. The highest BCUT2D eigenvalue weighted by Gasteiger charge is 2.46. The Labute approximate surface area is 111 Å². The Bertz CT molecular complexity index is 278. The first-order valence-electron chi connectivity index (χ1n) is 6.45. The van der Waals surface area contributed by atoms with Crippen LogP contribution in [-0.4, -0.2) is 29.6 Å². The summed E-state index contributed by atoms with van der Waals surface area (Å²) in [6, 6.07) is 0. The van der Waals surface area contributed by atoms with Gasteiger partial charge in [-0.3, -0.25) is 4.57 Å². The first-order chi connectivity index (χ1) is 8.10. The van der Waals surface area contributed by atoms with Crippen molar-refractivity contribution in [3.63, 3.8) is 0 Å². The minimum Gasteiger partial charge on any atom is -0.308 e. The summed E-state index contributed by atoms with van der Waals surface area (Å²) in [4.78, 5) is 0. The molecule has 6 heteroatoms. The lowest BCUT2D eigenvalue weighted by atomic mass is 10.1. The summed E-state index contributed by atoms with van der Waals surface area (Å²) >= 11 is 0. The molecular weight excluding hydrogens is 253 g/mol. The van der Waals surface area contributed by atoms with Gasteiger partial charge in [0.05, 0.1) is 13.2 Å². The monoisotopic (exact) mass is 280 g/mol. The molecule has 0 amide bonds. The Hall–Kier alpha value is 0.0700. The van der Waals surface area contributed by atoms with Crippen molar-refractivity contribution in [1.29, 1.82) is 0 Å². The molecule has 0 aromatic rings. The lowest BCUT2D eigenvalue weighted by Crippen LogP contribution is -2.47. The molecule has 18 heavy (non-hydrogen) atoms. The smallest absolute Gasteiger partial charge is 0.308 e. The molecule has 0 bridgehead atoms. The third kappa shape index (κ3) is 4.63. The van der Waals surface area contributed by atoms with Gasteiger partial charge < -0.3 is 9.05 Å². The first kappa shape index (κ1) is 18.1. The lowest BCUT2D eigenvalue weighted by Gasteiger charge is -2.39. The van der Waals surface area contributed by atoms with Crippen molar-refractivity contribution in [1.82, 2.24) is 5.06 Å². The summed E-state index contributed by atoms with van der Waals surface area (Å²) in [5.74, 6) is -0.900. The van der Waals surface area contributed by atoms with Crippen LogP contribution in [-0.2, 0) is 18.8 Å². The van der Waals surface area contributed by atoms with Crippen LogP contribution < -0.4 is 0 Å². The maximum Gasteiger partial charge on any atom is 0.350 e. The molecule has 0 saturated heterocycles. The van der Waals surface area contributed by atoms with Gasteiger partial charge in [-0.2, -0.15) is 0 Å². The summed E-state index contributed by atoms with van der Waals surface area (Å²) < 4.78 is 23.4. The molecule has 0 aromatic carbocycles. The Morgan fingerprint density at radius 1 is 1.11 bits per heavy atom. The molecule has 1 radical (unpaired) electrons. The molecule has 109 valence electrons. The highest BCUT2D eigenvalue weighted by molar-refractivity contribution is 7.54. The van der Waals surface area contributed by atoms with E-state index in [1.807, 2.05) is 13.8 Å². The van der Waals surface area contributed by atoms with E-state index in [1.54, 1.807) is 34.6 Å². The highest BCUT2D eigenvalue weighted by atomic mass is 31.2. The van der Waals surface area contributed by atoms with Gasteiger partial charge in [-0.15, -0.1) is 10.3 Å². The van der Waals surface area contributed by atoms with Gasteiger partial charge >= 0.3 is 7.60 Å². The van der Waals surface area contributed by atoms with Crippen LogP contribution in [0.5, 0.6) is 0 Å². The average molecular weight is 280 g/mol. The Morgan fingerprint density at radius 3 is 1.72 bits per heavy atom. The van der Waals surface area contributed by atoms with Gasteiger partial charge in [0.2, 0.25) is 0 Å². The number of rotatable bonds is 7. The minimum absolute atomic E-state index is 0.120. The first-order valence-corrected chi connectivity index (χ1v) is 8.06. The fourth-order valence-electron chi connectivity index (χ4n) is 1.71. The Balaban J connectivity index is 5.36. The zero-order chi connectivity index (χ0) is 14.6. The van der Waals surface area contributed by atoms with E-state index in [0.717, 1.165) is 5.06 Å². The molecule has 1 atom stereocenters. The second-order valence-electron chi connectivity index (χ2n) is 5.53. The molecule has 0 saturated carbocycles. The van der Waals surface area contributed by atoms with E-state index >= 15 is 0 Å². The predicted octanol–water partition coefficient (Wildman–Crippen LogP) is 3.68. The van der Waals surface area contributed by atoms with Gasteiger partial charge in [0.1, 0.15) is 5.78 Å². The quantitative estimate of drug-likeness (QED) is 0.527. The van der Waals surface area contributed by atoms with E-state index in [2.05, 4.69) is 0 Å². The van der Waals surface area contributed by atoms with Crippen molar-refractivity contribution in [2.24, 2.45) is 5.92 Å². The minimum atomic E-state index is -3.42. The molecule has 5 nitrogen and oxygen atoms in total. The second-order valence-corrected chi connectivity index (χ2v) is 7.65.